The Labute approximate surface area is 87.2 Å². The van der Waals surface area contributed by atoms with Crippen LogP contribution in [0, 0.1) is 0 Å². The number of primary amides is 1. The summed E-state index contributed by atoms with van der Waals surface area (Å²) >= 11 is 3.23. The lowest BCUT2D eigenvalue weighted by Gasteiger charge is -1.96. The van der Waals surface area contributed by atoms with Crippen LogP contribution in [0.4, 0.5) is 6.01 Å². The molecule has 0 saturated carbocycles. The van der Waals surface area contributed by atoms with Gasteiger partial charge in [0.1, 0.15) is 5.52 Å². The Bertz CT molecular complexity index is 521. The minimum absolute atomic E-state index is 0.0577. The predicted molar refractivity (Wildman–Crippen MR) is 54.6 cm³/mol. The van der Waals surface area contributed by atoms with Crippen LogP contribution >= 0.6 is 15.9 Å². The van der Waals surface area contributed by atoms with Gasteiger partial charge in [-0.1, -0.05) is 0 Å². The third-order valence-corrected chi connectivity index (χ3v) is 2.33. The van der Waals surface area contributed by atoms with Crippen LogP contribution < -0.4 is 11.5 Å². The number of nitrogen functional groups attached to an aromatic ring is 1. The molecule has 2 aromatic rings. The number of fused-ring (bicyclic) bond motifs is 1. The van der Waals surface area contributed by atoms with Gasteiger partial charge in [0.25, 0.3) is 6.01 Å². The van der Waals surface area contributed by atoms with E-state index in [0.717, 1.165) is 0 Å². The van der Waals surface area contributed by atoms with Crippen molar-refractivity contribution in [2.24, 2.45) is 5.73 Å². The van der Waals surface area contributed by atoms with Crippen molar-refractivity contribution >= 4 is 39.0 Å². The molecule has 0 fully saturated rings. The highest BCUT2D eigenvalue weighted by Crippen LogP contribution is 2.27. The number of amides is 1. The van der Waals surface area contributed by atoms with Crippen molar-refractivity contribution in [3.63, 3.8) is 0 Å². The fourth-order valence-corrected chi connectivity index (χ4v) is 1.68. The maximum absolute atomic E-state index is 10.9. The summed E-state index contributed by atoms with van der Waals surface area (Å²) in [7, 11) is 0. The zero-order valence-corrected chi connectivity index (χ0v) is 8.54. The maximum atomic E-state index is 10.9. The van der Waals surface area contributed by atoms with Crippen LogP contribution in [0.15, 0.2) is 21.0 Å². The number of nitrogens with two attached hydrogens (primary N) is 2. The second kappa shape index (κ2) is 2.98. The number of hydrogen-bond acceptors (Lipinski definition) is 4. The number of rotatable bonds is 1. The molecule has 14 heavy (non-hydrogen) atoms. The Kier molecular flexibility index (Phi) is 1.92. The molecule has 2 rings (SSSR count). The number of anilines is 1. The monoisotopic (exact) mass is 255 g/mol. The lowest BCUT2D eigenvalue weighted by atomic mass is 10.2. The van der Waals surface area contributed by atoms with E-state index in [1.807, 2.05) is 0 Å². The molecule has 1 heterocycles. The summed E-state index contributed by atoms with van der Waals surface area (Å²) in [6.07, 6.45) is 0. The number of nitrogens with zero attached hydrogens (tertiary/aromatic N) is 1. The van der Waals surface area contributed by atoms with Crippen molar-refractivity contribution in [2.75, 3.05) is 5.73 Å². The summed E-state index contributed by atoms with van der Waals surface area (Å²) in [6, 6.07) is 3.15. The third kappa shape index (κ3) is 1.33. The molecule has 0 aliphatic rings. The first kappa shape index (κ1) is 9.01. The van der Waals surface area contributed by atoms with Crippen molar-refractivity contribution in [3.05, 3.63) is 22.2 Å². The SMILES string of the molecule is NC(=O)c1cc(Br)c2oc(N)nc2c1. The van der Waals surface area contributed by atoms with Gasteiger partial charge in [-0.25, -0.2) is 0 Å². The van der Waals surface area contributed by atoms with Crippen molar-refractivity contribution < 1.29 is 9.21 Å². The summed E-state index contributed by atoms with van der Waals surface area (Å²) < 4.78 is 5.71. The van der Waals surface area contributed by atoms with Crippen molar-refractivity contribution in [2.45, 2.75) is 0 Å². The fourth-order valence-electron chi connectivity index (χ4n) is 1.15. The van der Waals surface area contributed by atoms with Crippen molar-refractivity contribution in [1.82, 2.24) is 4.98 Å². The summed E-state index contributed by atoms with van der Waals surface area (Å²) in [5.41, 5.74) is 11.9. The fraction of sp³-hybridized carbons (Fsp3) is 0. The smallest absolute Gasteiger partial charge is 0.293 e. The third-order valence-electron chi connectivity index (χ3n) is 1.75. The molecular weight excluding hydrogens is 250 g/mol. The van der Waals surface area contributed by atoms with E-state index < -0.39 is 5.91 Å². The summed E-state index contributed by atoms with van der Waals surface area (Å²) in [4.78, 5) is 14.8. The molecule has 0 radical (unpaired) electrons. The van der Waals surface area contributed by atoms with Gasteiger partial charge in [0.2, 0.25) is 5.91 Å². The van der Waals surface area contributed by atoms with Crippen LogP contribution in [0.3, 0.4) is 0 Å². The molecule has 0 atom stereocenters. The largest absolute Gasteiger partial charge is 0.422 e. The molecule has 0 unspecified atom stereocenters. The molecule has 6 heteroatoms. The molecular formula is C8H6BrN3O2. The molecule has 0 bridgehead atoms. The highest BCUT2D eigenvalue weighted by molar-refractivity contribution is 9.10. The Morgan fingerprint density at radius 3 is 2.86 bits per heavy atom. The van der Waals surface area contributed by atoms with E-state index in [0.29, 0.717) is 21.1 Å². The van der Waals surface area contributed by atoms with E-state index in [2.05, 4.69) is 20.9 Å². The quantitative estimate of drug-likeness (QED) is 0.803. The Morgan fingerprint density at radius 2 is 2.21 bits per heavy atom. The number of hydrogen-bond donors (Lipinski definition) is 2. The Morgan fingerprint density at radius 1 is 1.50 bits per heavy atom. The minimum atomic E-state index is -0.519. The topological polar surface area (TPSA) is 95.1 Å². The first-order chi connectivity index (χ1) is 6.58. The predicted octanol–water partition coefficient (Wildman–Crippen LogP) is 1.27. The summed E-state index contributed by atoms with van der Waals surface area (Å²) in [5, 5.41) is 0. The van der Waals surface area contributed by atoms with Gasteiger partial charge in [-0.2, -0.15) is 4.98 Å². The molecule has 0 saturated heterocycles. The second-order valence-electron chi connectivity index (χ2n) is 2.72. The molecule has 4 N–H and O–H groups in total. The zero-order chi connectivity index (χ0) is 10.3. The number of carbonyl (C=O) groups is 1. The lowest BCUT2D eigenvalue weighted by Crippen LogP contribution is -2.10. The van der Waals surface area contributed by atoms with Gasteiger partial charge in [0, 0.05) is 5.56 Å². The van der Waals surface area contributed by atoms with Crippen molar-refractivity contribution in [1.29, 1.82) is 0 Å². The standard InChI is InChI=1S/C8H6BrN3O2/c9-4-1-3(7(10)13)2-5-6(4)14-8(11)12-5/h1-2H,(H2,10,13)(H2,11,12). The van der Waals surface area contributed by atoms with E-state index >= 15 is 0 Å². The van der Waals surface area contributed by atoms with Gasteiger partial charge in [0.15, 0.2) is 5.58 Å². The Balaban J connectivity index is 2.77. The highest BCUT2D eigenvalue weighted by Gasteiger charge is 2.11. The van der Waals surface area contributed by atoms with Gasteiger partial charge in [-0.3, -0.25) is 4.79 Å². The van der Waals surface area contributed by atoms with Crippen LogP contribution in [-0.2, 0) is 0 Å². The molecule has 0 spiro atoms. The van der Waals surface area contributed by atoms with Crippen LogP contribution in [0.5, 0.6) is 0 Å². The van der Waals surface area contributed by atoms with Crippen LogP contribution in [0.1, 0.15) is 10.4 Å². The molecule has 0 aliphatic carbocycles. The van der Waals surface area contributed by atoms with Gasteiger partial charge >= 0.3 is 0 Å². The maximum Gasteiger partial charge on any atom is 0.293 e. The molecule has 1 aromatic carbocycles. The zero-order valence-electron chi connectivity index (χ0n) is 6.95. The Hall–Kier alpha value is -1.56. The first-order valence-electron chi connectivity index (χ1n) is 3.73. The van der Waals surface area contributed by atoms with Gasteiger partial charge in [-0.15, -0.1) is 0 Å². The van der Waals surface area contributed by atoms with Gasteiger partial charge in [-0.05, 0) is 28.1 Å². The second-order valence-corrected chi connectivity index (χ2v) is 3.58. The number of halogens is 1. The van der Waals surface area contributed by atoms with E-state index in [-0.39, 0.29) is 6.01 Å². The molecule has 0 aliphatic heterocycles. The van der Waals surface area contributed by atoms with Gasteiger partial charge < -0.3 is 15.9 Å². The number of benzene rings is 1. The normalized spacial score (nSPS) is 10.6. The lowest BCUT2D eigenvalue weighted by molar-refractivity contribution is 0.100. The van der Waals surface area contributed by atoms with Crippen LogP contribution in [0.2, 0.25) is 0 Å². The van der Waals surface area contributed by atoms with E-state index in [4.69, 9.17) is 15.9 Å². The molecule has 5 nitrogen and oxygen atoms in total. The minimum Gasteiger partial charge on any atom is -0.422 e. The van der Waals surface area contributed by atoms with Gasteiger partial charge in [0.05, 0.1) is 4.47 Å². The average Bonchev–Trinajstić information content (AvgIpc) is 2.45. The highest BCUT2D eigenvalue weighted by atomic mass is 79.9. The number of carbonyl (C=O) groups excluding carboxylic acids is 1. The number of aromatic nitrogens is 1. The van der Waals surface area contributed by atoms with E-state index in [1.54, 1.807) is 6.07 Å². The van der Waals surface area contributed by atoms with Crippen molar-refractivity contribution in [3.8, 4) is 0 Å². The molecule has 1 aromatic heterocycles. The number of oxazole rings is 1. The van der Waals surface area contributed by atoms with E-state index in [1.165, 1.54) is 6.07 Å². The van der Waals surface area contributed by atoms with Crippen LogP contribution in [0.25, 0.3) is 11.1 Å². The molecule has 72 valence electrons. The van der Waals surface area contributed by atoms with E-state index in [9.17, 15) is 4.79 Å². The summed E-state index contributed by atoms with van der Waals surface area (Å²) in [6.45, 7) is 0. The molecule has 1 amide bonds. The van der Waals surface area contributed by atoms with Crippen LogP contribution in [-0.4, -0.2) is 10.9 Å². The average molecular weight is 256 g/mol. The first-order valence-corrected chi connectivity index (χ1v) is 4.52. The summed E-state index contributed by atoms with van der Waals surface area (Å²) in [5.74, 6) is -0.519.